The Bertz CT molecular complexity index is 319. The molecule has 0 spiro atoms. The molecule has 86 valence electrons. The van der Waals surface area contributed by atoms with E-state index in [2.05, 4.69) is 30.3 Å². The molecule has 0 amide bonds. The van der Waals surface area contributed by atoms with Crippen LogP contribution in [0.5, 0.6) is 0 Å². The Morgan fingerprint density at radius 3 is 2.44 bits per heavy atom. The third-order valence-corrected chi connectivity index (χ3v) is 3.58. The maximum Gasteiger partial charge on any atom is 0.132 e. The summed E-state index contributed by atoms with van der Waals surface area (Å²) in [6, 6.07) is 10.7. The van der Waals surface area contributed by atoms with Gasteiger partial charge in [-0.15, -0.1) is 0 Å². The minimum Gasteiger partial charge on any atom is -0.300 e. The number of hydrogen-bond donors (Lipinski definition) is 0. The molecule has 2 rings (SSSR count). The van der Waals surface area contributed by atoms with Crippen molar-refractivity contribution in [1.82, 2.24) is 0 Å². The Morgan fingerprint density at radius 1 is 1.06 bits per heavy atom. The first-order chi connectivity index (χ1) is 7.84. The van der Waals surface area contributed by atoms with Crippen molar-refractivity contribution in [2.75, 3.05) is 0 Å². The molecule has 1 aliphatic carbocycles. The molecule has 0 atom stereocenters. The average molecular weight is 216 g/mol. The van der Waals surface area contributed by atoms with Crippen LogP contribution in [0, 0.1) is 5.92 Å². The van der Waals surface area contributed by atoms with Crippen molar-refractivity contribution >= 4 is 5.78 Å². The minimum atomic E-state index is 0.472. The number of carbonyl (C=O) groups excluding carboxylic acids is 1. The number of aryl methyl sites for hydroxylation is 1. The second-order valence-corrected chi connectivity index (χ2v) is 4.86. The highest BCUT2D eigenvalue weighted by molar-refractivity contribution is 5.78. The molecule has 1 heteroatoms. The standard InChI is InChI=1S/C15H20O/c16-15-11-9-14(10-12-15)8-4-7-13-5-2-1-3-6-13/h1-3,5-6,14H,4,7-12H2. The van der Waals surface area contributed by atoms with Gasteiger partial charge in [0.25, 0.3) is 0 Å². The van der Waals surface area contributed by atoms with Crippen molar-refractivity contribution in [3.05, 3.63) is 35.9 Å². The highest BCUT2D eigenvalue weighted by Crippen LogP contribution is 2.26. The van der Waals surface area contributed by atoms with Crippen LogP contribution in [0.2, 0.25) is 0 Å². The normalized spacial score (nSPS) is 17.6. The molecule has 0 bridgehead atoms. The van der Waals surface area contributed by atoms with E-state index in [-0.39, 0.29) is 0 Å². The molecule has 1 aromatic carbocycles. The lowest BCUT2D eigenvalue weighted by molar-refractivity contribution is -0.121. The highest BCUT2D eigenvalue weighted by atomic mass is 16.1. The Labute approximate surface area is 97.9 Å². The average Bonchev–Trinajstić information content (AvgIpc) is 2.33. The van der Waals surface area contributed by atoms with Crippen LogP contribution in [0.1, 0.15) is 44.1 Å². The summed E-state index contributed by atoms with van der Waals surface area (Å²) in [7, 11) is 0. The fourth-order valence-corrected chi connectivity index (χ4v) is 2.53. The molecule has 0 radical (unpaired) electrons. The number of rotatable bonds is 4. The van der Waals surface area contributed by atoms with E-state index in [0.29, 0.717) is 5.78 Å². The quantitative estimate of drug-likeness (QED) is 0.748. The van der Waals surface area contributed by atoms with Crippen molar-refractivity contribution in [2.45, 2.75) is 44.9 Å². The van der Waals surface area contributed by atoms with Crippen LogP contribution in [-0.2, 0) is 11.2 Å². The SMILES string of the molecule is O=C1CCC(CCCc2ccccc2)CC1. The predicted molar refractivity (Wildman–Crippen MR) is 66.3 cm³/mol. The second kappa shape index (κ2) is 5.83. The summed E-state index contributed by atoms with van der Waals surface area (Å²) in [5.74, 6) is 1.28. The van der Waals surface area contributed by atoms with Crippen molar-refractivity contribution in [3.63, 3.8) is 0 Å². The number of Topliss-reactive ketones (excluding diaryl/α,β-unsaturated/α-hetero) is 1. The lowest BCUT2D eigenvalue weighted by Crippen LogP contribution is -2.13. The zero-order valence-electron chi connectivity index (χ0n) is 9.82. The molecule has 0 aromatic heterocycles. The van der Waals surface area contributed by atoms with E-state index in [1.54, 1.807) is 0 Å². The number of ketones is 1. The molecule has 0 unspecified atom stereocenters. The summed E-state index contributed by atoms with van der Waals surface area (Å²) in [6.45, 7) is 0. The van der Waals surface area contributed by atoms with Gasteiger partial charge in [-0.3, -0.25) is 4.79 Å². The van der Waals surface area contributed by atoms with E-state index in [0.717, 1.165) is 31.6 Å². The summed E-state index contributed by atoms with van der Waals surface area (Å²) in [4.78, 5) is 11.1. The molecular weight excluding hydrogens is 196 g/mol. The minimum absolute atomic E-state index is 0.472. The van der Waals surface area contributed by atoms with Gasteiger partial charge in [-0.1, -0.05) is 36.8 Å². The second-order valence-electron chi connectivity index (χ2n) is 4.86. The first kappa shape index (κ1) is 11.4. The third kappa shape index (κ3) is 3.48. The fourth-order valence-electron chi connectivity index (χ4n) is 2.53. The zero-order valence-corrected chi connectivity index (χ0v) is 9.82. The first-order valence-corrected chi connectivity index (χ1v) is 6.40. The summed E-state index contributed by atoms with van der Waals surface area (Å²) >= 11 is 0. The Morgan fingerprint density at radius 2 is 1.75 bits per heavy atom. The van der Waals surface area contributed by atoms with Crippen LogP contribution in [0.15, 0.2) is 30.3 Å². The smallest absolute Gasteiger partial charge is 0.132 e. The third-order valence-electron chi connectivity index (χ3n) is 3.58. The van der Waals surface area contributed by atoms with Crippen LogP contribution < -0.4 is 0 Å². The Balaban J connectivity index is 1.67. The summed E-state index contributed by atoms with van der Waals surface area (Å²) in [5.41, 5.74) is 1.44. The van der Waals surface area contributed by atoms with Crippen LogP contribution in [0.3, 0.4) is 0 Å². The molecular formula is C15H20O. The van der Waals surface area contributed by atoms with Gasteiger partial charge in [-0.2, -0.15) is 0 Å². The van der Waals surface area contributed by atoms with Gasteiger partial charge in [0.2, 0.25) is 0 Å². The molecule has 1 aromatic rings. The summed E-state index contributed by atoms with van der Waals surface area (Å²) in [5, 5.41) is 0. The molecule has 0 aliphatic heterocycles. The molecule has 0 saturated heterocycles. The highest BCUT2D eigenvalue weighted by Gasteiger charge is 2.17. The number of hydrogen-bond acceptors (Lipinski definition) is 1. The monoisotopic (exact) mass is 216 g/mol. The van der Waals surface area contributed by atoms with Crippen molar-refractivity contribution in [2.24, 2.45) is 5.92 Å². The molecule has 1 nitrogen and oxygen atoms in total. The Kier molecular flexibility index (Phi) is 4.15. The van der Waals surface area contributed by atoms with Crippen LogP contribution in [0.25, 0.3) is 0 Å². The lowest BCUT2D eigenvalue weighted by Gasteiger charge is -2.20. The topological polar surface area (TPSA) is 17.1 Å². The van der Waals surface area contributed by atoms with E-state index in [1.807, 2.05) is 0 Å². The van der Waals surface area contributed by atoms with E-state index in [1.165, 1.54) is 24.8 Å². The van der Waals surface area contributed by atoms with Gasteiger partial charge in [0.05, 0.1) is 0 Å². The summed E-state index contributed by atoms with van der Waals surface area (Å²) in [6.07, 6.45) is 7.67. The van der Waals surface area contributed by atoms with Crippen LogP contribution >= 0.6 is 0 Å². The molecule has 1 fully saturated rings. The van der Waals surface area contributed by atoms with E-state index >= 15 is 0 Å². The van der Waals surface area contributed by atoms with Crippen molar-refractivity contribution < 1.29 is 4.79 Å². The fraction of sp³-hybridized carbons (Fsp3) is 0.533. The van der Waals surface area contributed by atoms with Gasteiger partial charge in [-0.05, 0) is 37.2 Å². The molecule has 0 N–H and O–H groups in total. The zero-order chi connectivity index (χ0) is 11.2. The van der Waals surface area contributed by atoms with Gasteiger partial charge in [-0.25, -0.2) is 0 Å². The van der Waals surface area contributed by atoms with Crippen LogP contribution in [0.4, 0.5) is 0 Å². The maximum absolute atomic E-state index is 11.1. The van der Waals surface area contributed by atoms with Gasteiger partial charge in [0, 0.05) is 12.8 Å². The molecule has 16 heavy (non-hydrogen) atoms. The number of carbonyl (C=O) groups is 1. The first-order valence-electron chi connectivity index (χ1n) is 6.40. The van der Waals surface area contributed by atoms with Crippen molar-refractivity contribution in [3.8, 4) is 0 Å². The van der Waals surface area contributed by atoms with Crippen molar-refractivity contribution in [1.29, 1.82) is 0 Å². The van der Waals surface area contributed by atoms with Gasteiger partial charge < -0.3 is 0 Å². The molecule has 1 saturated carbocycles. The van der Waals surface area contributed by atoms with E-state index < -0.39 is 0 Å². The van der Waals surface area contributed by atoms with Gasteiger partial charge >= 0.3 is 0 Å². The number of benzene rings is 1. The van der Waals surface area contributed by atoms with Gasteiger partial charge in [0.1, 0.15) is 5.78 Å². The molecule has 0 heterocycles. The maximum atomic E-state index is 11.1. The lowest BCUT2D eigenvalue weighted by atomic mass is 9.85. The van der Waals surface area contributed by atoms with E-state index in [4.69, 9.17) is 0 Å². The largest absolute Gasteiger partial charge is 0.300 e. The van der Waals surface area contributed by atoms with Gasteiger partial charge in [0.15, 0.2) is 0 Å². The predicted octanol–water partition coefficient (Wildman–Crippen LogP) is 3.77. The summed E-state index contributed by atoms with van der Waals surface area (Å²) < 4.78 is 0. The van der Waals surface area contributed by atoms with E-state index in [9.17, 15) is 4.79 Å². The van der Waals surface area contributed by atoms with Crippen LogP contribution in [-0.4, -0.2) is 5.78 Å². The Hall–Kier alpha value is -1.11. The molecule has 1 aliphatic rings.